The SMILES string of the molecule is CN(CCc1noc(COc2ccccc2F)n1)C(=O)Nc1ccccc1Br. The van der Waals surface area contributed by atoms with Crippen LogP contribution in [0.4, 0.5) is 14.9 Å². The Morgan fingerprint density at radius 3 is 2.79 bits per heavy atom. The van der Waals surface area contributed by atoms with E-state index in [1.54, 1.807) is 25.2 Å². The second-order valence-electron chi connectivity index (χ2n) is 5.90. The van der Waals surface area contributed by atoms with Gasteiger partial charge < -0.3 is 19.5 Å². The van der Waals surface area contributed by atoms with Gasteiger partial charge in [0, 0.05) is 24.5 Å². The Bertz CT molecular complexity index is 950. The monoisotopic (exact) mass is 448 g/mol. The van der Waals surface area contributed by atoms with Crippen LogP contribution in [0.5, 0.6) is 5.75 Å². The fraction of sp³-hybridized carbons (Fsp3) is 0.211. The molecule has 0 saturated heterocycles. The summed E-state index contributed by atoms with van der Waals surface area (Å²) in [5.74, 6) is 0.330. The van der Waals surface area contributed by atoms with Crippen molar-refractivity contribution < 1.29 is 18.4 Å². The Hall–Kier alpha value is -2.94. The van der Waals surface area contributed by atoms with Crippen molar-refractivity contribution in [1.82, 2.24) is 15.0 Å². The molecule has 0 fully saturated rings. The maximum atomic E-state index is 13.5. The lowest BCUT2D eigenvalue weighted by Crippen LogP contribution is -2.33. The minimum Gasteiger partial charge on any atom is -0.481 e. The number of ether oxygens (including phenoxy) is 1. The molecular formula is C19H18BrFN4O3. The summed E-state index contributed by atoms with van der Waals surface area (Å²) in [6.07, 6.45) is 0.406. The normalized spacial score (nSPS) is 10.5. The van der Waals surface area contributed by atoms with E-state index in [4.69, 9.17) is 9.26 Å². The number of likely N-dealkylation sites (N-methyl/N-ethyl adjacent to an activating group) is 1. The van der Waals surface area contributed by atoms with Crippen molar-refractivity contribution in [3.8, 4) is 5.75 Å². The number of amides is 2. The summed E-state index contributed by atoms with van der Waals surface area (Å²) in [7, 11) is 1.68. The van der Waals surface area contributed by atoms with Crippen molar-refractivity contribution >= 4 is 27.6 Å². The molecule has 0 radical (unpaired) electrons. The third-order valence-electron chi connectivity index (χ3n) is 3.83. The van der Waals surface area contributed by atoms with Crippen LogP contribution in [0.15, 0.2) is 57.5 Å². The molecule has 7 nitrogen and oxygen atoms in total. The molecule has 2 amide bonds. The van der Waals surface area contributed by atoms with Gasteiger partial charge in [0.1, 0.15) is 0 Å². The molecule has 0 bridgehead atoms. The number of urea groups is 1. The number of hydrogen-bond acceptors (Lipinski definition) is 5. The second kappa shape index (κ2) is 9.32. The zero-order chi connectivity index (χ0) is 19.9. The summed E-state index contributed by atoms with van der Waals surface area (Å²) < 4.78 is 24.8. The number of aromatic nitrogens is 2. The molecule has 9 heteroatoms. The first-order valence-corrected chi connectivity index (χ1v) is 9.27. The van der Waals surface area contributed by atoms with E-state index in [1.807, 2.05) is 18.2 Å². The van der Waals surface area contributed by atoms with Crippen LogP contribution in [-0.2, 0) is 13.0 Å². The average molecular weight is 449 g/mol. The molecule has 146 valence electrons. The number of benzene rings is 2. The van der Waals surface area contributed by atoms with E-state index >= 15 is 0 Å². The Morgan fingerprint density at radius 1 is 1.25 bits per heavy atom. The molecule has 0 unspecified atom stereocenters. The number of nitrogens with one attached hydrogen (secondary N) is 1. The smallest absolute Gasteiger partial charge is 0.321 e. The fourth-order valence-corrected chi connectivity index (χ4v) is 2.68. The number of anilines is 1. The summed E-state index contributed by atoms with van der Waals surface area (Å²) in [4.78, 5) is 18.0. The lowest BCUT2D eigenvalue weighted by Gasteiger charge is -2.17. The first kappa shape index (κ1) is 19.8. The first-order valence-electron chi connectivity index (χ1n) is 8.48. The van der Waals surface area contributed by atoms with Gasteiger partial charge in [0.2, 0.25) is 0 Å². The number of carbonyl (C=O) groups is 1. The molecule has 1 N–H and O–H groups in total. The van der Waals surface area contributed by atoms with E-state index in [2.05, 4.69) is 31.4 Å². The topological polar surface area (TPSA) is 80.5 Å². The van der Waals surface area contributed by atoms with Crippen molar-refractivity contribution in [1.29, 1.82) is 0 Å². The van der Waals surface area contributed by atoms with Crippen molar-refractivity contribution in [2.45, 2.75) is 13.0 Å². The van der Waals surface area contributed by atoms with E-state index in [9.17, 15) is 9.18 Å². The summed E-state index contributed by atoms with van der Waals surface area (Å²) in [6, 6.07) is 13.2. The van der Waals surface area contributed by atoms with E-state index in [0.717, 1.165) is 4.47 Å². The molecule has 28 heavy (non-hydrogen) atoms. The lowest BCUT2D eigenvalue weighted by molar-refractivity contribution is 0.222. The quantitative estimate of drug-likeness (QED) is 0.583. The minimum atomic E-state index is -0.458. The van der Waals surface area contributed by atoms with Crippen LogP contribution in [-0.4, -0.2) is 34.7 Å². The lowest BCUT2D eigenvalue weighted by atomic mass is 10.3. The predicted molar refractivity (Wildman–Crippen MR) is 105 cm³/mol. The van der Waals surface area contributed by atoms with Gasteiger partial charge in [-0.25, -0.2) is 9.18 Å². The third-order valence-corrected chi connectivity index (χ3v) is 4.52. The number of halogens is 2. The standard InChI is InChI=1S/C19H18BrFN4O3/c1-25(19(26)22-15-8-4-2-6-13(15)20)11-10-17-23-18(28-24-17)12-27-16-9-5-3-7-14(16)21/h2-9H,10-12H2,1H3,(H,22,26). The Labute approximate surface area is 169 Å². The highest BCUT2D eigenvalue weighted by atomic mass is 79.9. The van der Waals surface area contributed by atoms with Gasteiger partial charge in [-0.15, -0.1) is 0 Å². The molecule has 0 spiro atoms. The molecule has 3 aromatic rings. The van der Waals surface area contributed by atoms with E-state index in [-0.39, 0.29) is 24.3 Å². The number of carbonyl (C=O) groups excluding carboxylic acids is 1. The highest BCUT2D eigenvalue weighted by Crippen LogP contribution is 2.21. The van der Waals surface area contributed by atoms with Gasteiger partial charge in [-0.2, -0.15) is 4.98 Å². The molecule has 1 aromatic heterocycles. The molecule has 0 aliphatic rings. The van der Waals surface area contributed by atoms with E-state index in [1.165, 1.54) is 17.0 Å². The molecule has 1 heterocycles. The van der Waals surface area contributed by atoms with Crippen molar-refractivity contribution in [3.05, 3.63) is 70.5 Å². The fourth-order valence-electron chi connectivity index (χ4n) is 2.29. The van der Waals surface area contributed by atoms with Crippen LogP contribution < -0.4 is 10.1 Å². The molecule has 0 aliphatic heterocycles. The number of nitrogens with zero attached hydrogens (tertiary/aromatic N) is 3. The van der Waals surface area contributed by atoms with Gasteiger partial charge in [0.15, 0.2) is 24.0 Å². The van der Waals surface area contributed by atoms with Gasteiger partial charge in [-0.05, 0) is 40.2 Å². The van der Waals surface area contributed by atoms with Crippen LogP contribution in [0.25, 0.3) is 0 Å². The maximum Gasteiger partial charge on any atom is 0.321 e. The largest absolute Gasteiger partial charge is 0.481 e. The van der Waals surface area contributed by atoms with Crippen LogP contribution in [0.3, 0.4) is 0 Å². The molecule has 0 aliphatic carbocycles. The minimum absolute atomic E-state index is 0.0354. The summed E-state index contributed by atoms with van der Waals surface area (Å²) in [6.45, 7) is 0.357. The molecule has 0 saturated carbocycles. The number of rotatable bonds is 7. The Balaban J connectivity index is 1.47. The van der Waals surface area contributed by atoms with Gasteiger partial charge >= 0.3 is 6.03 Å². The van der Waals surface area contributed by atoms with E-state index < -0.39 is 5.82 Å². The van der Waals surface area contributed by atoms with Crippen LogP contribution in [0.1, 0.15) is 11.7 Å². The van der Waals surface area contributed by atoms with E-state index in [0.29, 0.717) is 24.5 Å². The molecule has 0 atom stereocenters. The molecule has 3 rings (SSSR count). The zero-order valence-corrected chi connectivity index (χ0v) is 16.6. The average Bonchev–Trinajstić information content (AvgIpc) is 3.15. The van der Waals surface area contributed by atoms with Gasteiger partial charge in [-0.1, -0.05) is 29.4 Å². The van der Waals surface area contributed by atoms with Crippen molar-refractivity contribution in [2.24, 2.45) is 0 Å². The Kier molecular flexibility index (Phi) is 6.59. The summed E-state index contributed by atoms with van der Waals surface area (Å²) in [5, 5.41) is 6.67. The number of hydrogen-bond donors (Lipinski definition) is 1. The van der Waals surface area contributed by atoms with Gasteiger partial charge in [0.05, 0.1) is 5.69 Å². The Morgan fingerprint density at radius 2 is 2.00 bits per heavy atom. The second-order valence-corrected chi connectivity index (χ2v) is 6.76. The molecule has 2 aromatic carbocycles. The summed E-state index contributed by atoms with van der Waals surface area (Å²) >= 11 is 3.39. The predicted octanol–water partition coefficient (Wildman–Crippen LogP) is 4.26. The van der Waals surface area contributed by atoms with Crippen LogP contribution in [0.2, 0.25) is 0 Å². The summed E-state index contributed by atoms with van der Waals surface area (Å²) in [5.41, 5.74) is 0.687. The number of para-hydroxylation sites is 2. The first-order chi connectivity index (χ1) is 13.5. The van der Waals surface area contributed by atoms with Crippen molar-refractivity contribution in [2.75, 3.05) is 18.9 Å². The van der Waals surface area contributed by atoms with Crippen LogP contribution in [0, 0.1) is 5.82 Å². The molecular weight excluding hydrogens is 431 g/mol. The van der Waals surface area contributed by atoms with Crippen molar-refractivity contribution in [3.63, 3.8) is 0 Å². The zero-order valence-electron chi connectivity index (χ0n) is 15.1. The highest BCUT2D eigenvalue weighted by molar-refractivity contribution is 9.10. The van der Waals surface area contributed by atoms with Gasteiger partial charge in [0.25, 0.3) is 5.89 Å². The third kappa shape index (κ3) is 5.29. The van der Waals surface area contributed by atoms with Gasteiger partial charge in [-0.3, -0.25) is 0 Å². The maximum absolute atomic E-state index is 13.5. The highest BCUT2D eigenvalue weighted by Gasteiger charge is 2.13. The van der Waals surface area contributed by atoms with Crippen LogP contribution >= 0.6 is 15.9 Å².